The normalized spacial score (nSPS) is 12.3. The molecule has 0 unspecified atom stereocenters. The number of rotatable bonds is 10. The van der Waals surface area contributed by atoms with E-state index in [9.17, 15) is 40.7 Å². The van der Waals surface area contributed by atoms with Gasteiger partial charge >= 0.3 is 6.18 Å². The van der Waals surface area contributed by atoms with Gasteiger partial charge in [0, 0.05) is 36.4 Å². The summed E-state index contributed by atoms with van der Waals surface area (Å²) in [6.07, 6.45) is -3.11. The van der Waals surface area contributed by atoms with E-state index in [0.717, 1.165) is 36.0 Å². The average molecular weight is 588 g/mol. The Morgan fingerprint density at radius 3 is 2.17 bits per heavy atom. The van der Waals surface area contributed by atoms with Crippen LogP contribution in [0.1, 0.15) is 63.9 Å². The maximum Gasteiger partial charge on any atom is 0.435 e. The highest BCUT2D eigenvalue weighted by atomic mass is 19.4. The standard InChI is InChI=1S/C30H23F6N3O3/c1-16(40)25-12-19(5-6-27(25)33)24-4-3-7-37-28(24)20(8-18-9-21(31)13-22(32)10-18)11-23(42)14-39-15-26(17(2)41)29(38-39)30(34,35)36/h3-7,9-10,12-13,15,20H,8,11,14H2,1-2H3/t20-/m1/s1. The maximum atomic E-state index is 14.2. The molecule has 0 spiro atoms. The Kier molecular flexibility index (Phi) is 8.74. The van der Waals surface area contributed by atoms with Gasteiger partial charge < -0.3 is 0 Å². The second kappa shape index (κ2) is 12.1. The lowest BCUT2D eigenvalue weighted by molar-refractivity contribution is -0.142. The Morgan fingerprint density at radius 1 is 0.905 bits per heavy atom. The molecule has 2 aromatic heterocycles. The van der Waals surface area contributed by atoms with Crippen molar-refractivity contribution in [2.75, 3.05) is 0 Å². The fourth-order valence-electron chi connectivity index (χ4n) is 4.72. The summed E-state index contributed by atoms with van der Waals surface area (Å²) < 4.78 is 83.1. The van der Waals surface area contributed by atoms with Crippen LogP contribution in [0.25, 0.3) is 11.1 Å². The molecule has 12 heteroatoms. The zero-order chi connectivity index (χ0) is 30.8. The van der Waals surface area contributed by atoms with Crippen molar-refractivity contribution in [3.63, 3.8) is 0 Å². The van der Waals surface area contributed by atoms with Crippen molar-refractivity contribution in [2.45, 2.75) is 45.3 Å². The number of nitrogens with zero attached hydrogens (tertiary/aromatic N) is 3. The third-order valence-electron chi connectivity index (χ3n) is 6.51. The number of aromatic nitrogens is 3. The molecule has 218 valence electrons. The minimum atomic E-state index is -4.92. The average Bonchev–Trinajstić information content (AvgIpc) is 3.33. The Labute approximate surface area is 236 Å². The van der Waals surface area contributed by atoms with Crippen molar-refractivity contribution in [2.24, 2.45) is 0 Å². The van der Waals surface area contributed by atoms with Crippen LogP contribution in [-0.2, 0) is 23.9 Å². The third kappa shape index (κ3) is 6.99. The number of alkyl halides is 3. The second-order valence-electron chi connectivity index (χ2n) is 9.75. The van der Waals surface area contributed by atoms with Crippen LogP contribution in [0.3, 0.4) is 0 Å². The second-order valence-corrected chi connectivity index (χ2v) is 9.75. The summed E-state index contributed by atoms with van der Waals surface area (Å²) in [7, 11) is 0. The highest BCUT2D eigenvalue weighted by Gasteiger charge is 2.38. The molecule has 1 atom stereocenters. The number of hydrogen-bond donors (Lipinski definition) is 0. The van der Waals surface area contributed by atoms with Crippen molar-refractivity contribution in [1.29, 1.82) is 0 Å². The van der Waals surface area contributed by atoms with Crippen LogP contribution in [0.4, 0.5) is 26.3 Å². The van der Waals surface area contributed by atoms with Crippen LogP contribution < -0.4 is 0 Å². The van der Waals surface area contributed by atoms with Gasteiger partial charge in [-0.05, 0) is 61.7 Å². The van der Waals surface area contributed by atoms with Crippen molar-refractivity contribution >= 4 is 17.3 Å². The Morgan fingerprint density at radius 2 is 1.57 bits per heavy atom. The summed E-state index contributed by atoms with van der Waals surface area (Å²) in [6, 6.07) is 9.87. The van der Waals surface area contributed by atoms with Gasteiger partial charge in [-0.15, -0.1) is 0 Å². The Bertz CT molecular complexity index is 1660. The van der Waals surface area contributed by atoms with Gasteiger partial charge in [-0.25, -0.2) is 13.2 Å². The molecule has 0 amide bonds. The number of Topliss-reactive ketones (excluding diaryl/α,β-unsaturated/α-hetero) is 3. The van der Waals surface area contributed by atoms with Crippen molar-refractivity contribution in [3.8, 4) is 11.1 Å². The van der Waals surface area contributed by atoms with Crippen molar-refractivity contribution in [3.05, 3.63) is 106 Å². The summed E-state index contributed by atoms with van der Waals surface area (Å²) in [4.78, 5) is 41.3. The predicted octanol–water partition coefficient (Wildman–Crippen LogP) is 6.77. The van der Waals surface area contributed by atoms with E-state index in [0.29, 0.717) is 17.2 Å². The summed E-state index contributed by atoms with van der Waals surface area (Å²) in [5, 5.41) is 3.40. The summed E-state index contributed by atoms with van der Waals surface area (Å²) >= 11 is 0. The molecule has 4 rings (SSSR count). The number of carbonyl (C=O) groups is 3. The van der Waals surface area contributed by atoms with Gasteiger partial charge in [-0.1, -0.05) is 12.1 Å². The van der Waals surface area contributed by atoms with Crippen molar-refractivity contribution < 1.29 is 40.7 Å². The largest absolute Gasteiger partial charge is 0.435 e. The SMILES string of the molecule is CC(=O)c1cc(-c2cccnc2[C@@H](CC(=O)Cn2cc(C(C)=O)c(C(F)(F)F)n2)Cc2cc(F)cc(F)c2)ccc1F. The van der Waals surface area contributed by atoms with Gasteiger partial charge in [0.15, 0.2) is 23.0 Å². The molecular formula is C30H23F6N3O3. The van der Waals surface area contributed by atoms with Crippen LogP contribution in [0.5, 0.6) is 0 Å². The lowest BCUT2D eigenvalue weighted by atomic mass is 9.86. The first-order valence-electron chi connectivity index (χ1n) is 12.6. The lowest BCUT2D eigenvalue weighted by Gasteiger charge is -2.20. The summed E-state index contributed by atoms with van der Waals surface area (Å²) in [5.41, 5.74) is -1.03. The zero-order valence-corrected chi connectivity index (χ0v) is 22.3. The number of hydrogen-bond acceptors (Lipinski definition) is 5. The molecule has 0 aliphatic rings. The number of benzene rings is 2. The molecule has 0 bridgehead atoms. The smallest absolute Gasteiger partial charge is 0.298 e. The number of ketones is 3. The molecule has 0 aliphatic carbocycles. The number of carbonyl (C=O) groups excluding carboxylic acids is 3. The van der Waals surface area contributed by atoms with Crippen LogP contribution in [0.2, 0.25) is 0 Å². The zero-order valence-electron chi connectivity index (χ0n) is 22.3. The molecule has 0 fully saturated rings. The van der Waals surface area contributed by atoms with E-state index in [1.54, 1.807) is 12.1 Å². The highest BCUT2D eigenvalue weighted by molar-refractivity contribution is 5.96. The highest BCUT2D eigenvalue weighted by Crippen LogP contribution is 2.34. The first-order valence-corrected chi connectivity index (χ1v) is 12.6. The summed E-state index contributed by atoms with van der Waals surface area (Å²) in [6.45, 7) is 1.52. The van der Waals surface area contributed by atoms with E-state index in [4.69, 9.17) is 0 Å². The molecule has 0 N–H and O–H groups in total. The molecular weight excluding hydrogens is 564 g/mol. The maximum absolute atomic E-state index is 14.2. The van der Waals surface area contributed by atoms with E-state index in [1.165, 1.54) is 25.3 Å². The number of pyridine rings is 1. The van der Waals surface area contributed by atoms with E-state index >= 15 is 0 Å². The molecule has 6 nitrogen and oxygen atoms in total. The van der Waals surface area contributed by atoms with Gasteiger partial charge in [-0.3, -0.25) is 24.0 Å². The predicted molar refractivity (Wildman–Crippen MR) is 139 cm³/mol. The van der Waals surface area contributed by atoms with E-state index in [1.807, 2.05) is 0 Å². The minimum Gasteiger partial charge on any atom is -0.298 e. The van der Waals surface area contributed by atoms with Crippen LogP contribution in [0, 0.1) is 17.5 Å². The molecule has 0 saturated heterocycles. The van der Waals surface area contributed by atoms with Crippen LogP contribution in [0.15, 0.2) is 60.9 Å². The van der Waals surface area contributed by atoms with Crippen molar-refractivity contribution in [1.82, 2.24) is 14.8 Å². The van der Waals surface area contributed by atoms with Gasteiger partial charge in [0.25, 0.3) is 0 Å². The van der Waals surface area contributed by atoms with Crippen LogP contribution >= 0.6 is 0 Å². The Hall–Kier alpha value is -4.61. The topological polar surface area (TPSA) is 81.9 Å². The molecule has 42 heavy (non-hydrogen) atoms. The quantitative estimate of drug-likeness (QED) is 0.151. The van der Waals surface area contributed by atoms with Gasteiger partial charge in [-0.2, -0.15) is 18.3 Å². The summed E-state index contributed by atoms with van der Waals surface area (Å²) in [5.74, 6) is -5.31. The van der Waals surface area contributed by atoms with E-state index < -0.39 is 64.7 Å². The Balaban J connectivity index is 1.74. The fraction of sp³-hybridized carbons (Fsp3) is 0.233. The van der Waals surface area contributed by atoms with Crippen LogP contribution in [-0.4, -0.2) is 32.1 Å². The van der Waals surface area contributed by atoms with E-state index in [2.05, 4.69) is 10.1 Å². The molecule has 4 aromatic rings. The lowest BCUT2D eigenvalue weighted by Crippen LogP contribution is -2.18. The first kappa shape index (κ1) is 30.4. The number of halogens is 6. The fourth-order valence-corrected chi connectivity index (χ4v) is 4.72. The molecule has 0 aliphatic heterocycles. The van der Waals surface area contributed by atoms with Gasteiger partial charge in [0.1, 0.15) is 17.5 Å². The third-order valence-corrected chi connectivity index (χ3v) is 6.51. The molecule has 0 radical (unpaired) electrons. The first-order chi connectivity index (χ1) is 19.7. The van der Waals surface area contributed by atoms with Gasteiger partial charge in [0.2, 0.25) is 0 Å². The molecule has 2 heterocycles. The minimum absolute atomic E-state index is 0.100. The molecule has 0 saturated carbocycles. The van der Waals surface area contributed by atoms with E-state index in [-0.39, 0.29) is 29.7 Å². The van der Waals surface area contributed by atoms with Gasteiger partial charge in [0.05, 0.1) is 23.4 Å². The monoisotopic (exact) mass is 587 g/mol. The molecule has 2 aromatic carbocycles.